The Morgan fingerprint density at radius 3 is 2.64 bits per heavy atom. The molecule has 0 aliphatic rings. The van der Waals surface area contributed by atoms with Gasteiger partial charge in [0.05, 0.1) is 13.7 Å². The van der Waals surface area contributed by atoms with Crippen LogP contribution < -0.4 is 14.8 Å². The van der Waals surface area contributed by atoms with Crippen LogP contribution in [-0.2, 0) is 0 Å². The average Bonchev–Trinajstić information content (AvgIpc) is 3.07. The molecule has 120 valence electrons. The summed E-state index contributed by atoms with van der Waals surface area (Å²) in [6.45, 7) is 4.55. The molecule has 4 nitrogen and oxygen atoms in total. The fourth-order valence-electron chi connectivity index (χ4n) is 2.32. The van der Waals surface area contributed by atoms with Crippen LogP contribution >= 0.6 is 11.3 Å². The van der Waals surface area contributed by atoms with E-state index in [-0.39, 0.29) is 19.3 Å². The van der Waals surface area contributed by atoms with Crippen molar-refractivity contribution in [2.24, 2.45) is 0 Å². The lowest BCUT2D eigenvalue weighted by Crippen LogP contribution is -2.21. The number of aliphatic hydroxyl groups excluding tert-OH is 1. The van der Waals surface area contributed by atoms with Gasteiger partial charge in [-0.15, -0.1) is 11.3 Å². The zero-order chi connectivity index (χ0) is 15.9. The van der Waals surface area contributed by atoms with Crippen molar-refractivity contribution in [2.45, 2.75) is 25.9 Å². The Morgan fingerprint density at radius 1 is 1.18 bits per heavy atom. The molecule has 22 heavy (non-hydrogen) atoms. The molecule has 0 amide bonds. The Morgan fingerprint density at radius 2 is 2.00 bits per heavy atom. The average molecular weight is 321 g/mol. The number of hydrogen-bond acceptors (Lipinski definition) is 5. The van der Waals surface area contributed by atoms with E-state index >= 15 is 0 Å². The smallest absolute Gasteiger partial charge is 0.161 e. The van der Waals surface area contributed by atoms with Crippen molar-refractivity contribution in [2.75, 3.05) is 20.3 Å². The summed E-state index contributed by atoms with van der Waals surface area (Å²) in [5.74, 6) is 1.34. The van der Waals surface area contributed by atoms with Crippen LogP contribution in [0.15, 0.2) is 35.7 Å². The highest BCUT2D eigenvalue weighted by Gasteiger charge is 2.14. The van der Waals surface area contributed by atoms with Crippen LogP contribution in [0.5, 0.6) is 11.5 Å². The van der Waals surface area contributed by atoms with Crippen molar-refractivity contribution in [3.8, 4) is 11.5 Å². The van der Waals surface area contributed by atoms with Crippen molar-refractivity contribution in [1.29, 1.82) is 0 Å². The quantitative estimate of drug-likeness (QED) is 0.781. The highest BCUT2D eigenvalue weighted by Crippen LogP contribution is 2.31. The van der Waals surface area contributed by atoms with Crippen molar-refractivity contribution >= 4 is 11.3 Å². The minimum absolute atomic E-state index is 0.0127. The van der Waals surface area contributed by atoms with Gasteiger partial charge in [0.25, 0.3) is 0 Å². The molecule has 5 heteroatoms. The van der Waals surface area contributed by atoms with Crippen molar-refractivity contribution in [3.63, 3.8) is 0 Å². The van der Waals surface area contributed by atoms with Gasteiger partial charge in [0.1, 0.15) is 6.61 Å². The molecule has 2 atom stereocenters. The van der Waals surface area contributed by atoms with E-state index in [0.717, 1.165) is 5.56 Å². The number of hydrogen-bond donors (Lipinski definition) is 2. The molecular formula is C17H23NO3S. The van der Waals surface area contributed by atoms with Crippen molar-refractivity contribution in [3.05, 3.63) is 46.2 Å². The monoisotopic (exact) mass is 321 g/mol. The van der Waals surface area contributed by atoms with Gasteiger partial charge in [0, 0.05) is 17.0 Å². The second-order valence-electron chi connectivity index (χ2n) is 5.11. The van der Waals surface area contributed by atoms with E-state index in [1.54, 1.807) is 18.4 Å². The first kappa shape index (κ1) is 16.8. The van der Waals surface area contributed by atoms with Gasteiger partial charge in [-0.1, -0.05) is 12.1 Å². The second-order valence-corrected chi connectivity index (χ2v) is 6.09. The van der Waals surface area contributed by atoms with Crippen LogP contribution in [0.2, 0.25) is 0 Å². The van der Waals surface area contributed by atoms with E-state index in [2.05, 4.69) is 36.7 Å². The third-order valence-corrected chi connectivity index (χ3v) is 4.56. The van der Waals surface area contributed by atoms with Crippen LogP contribution in [-0.4, -0.2) is 25.4 Å². The molecule has 0 saturated heterocycles. The molecule has 1 aromatic carbocycles. The lowest BCUT2D eigenvalue weighted by molar-refractivity contribution is 0.196. The van der Waals surface area contributed by atoms with Crippen molar-refractivity contribution < 1.29 is 14.6 Å². The molecule has 0 radical (unpaired) electrons. The van der Waals surface area contributed by atoms with E-state index in [0.29, 0.717) is 17.5 Å². The number of benzene rings is 1. The normalized spacial score (nSPS) is 13.6. The van der Waals surface area contributed by atoms with Gasteiger partial charge in [0.2, 0.25) is 0 Å². The standard InChI is InChI=1S/C17H23NO3S/c1-12(18-13(2)17-5-4-10-22-17)14-6-7-15(21-9-8-19)16(11-14)20-3/h4-7,10-13,18-19H,8-9H2,1-3H3. The van der Waals surface area contributed by atoms with Crippen LogP contribution in [0.1, 0.15) is 36.4 Å². The maximum Gasteiger partial charge on any atom is 0.161 e. The van der Waals surface area contributed by atoms with Crippen LogP contribution in [0.3, 0.4) is 0 Å². The van der Waals surface area contributed by atoms with E-state index in [9.17, 15) is 0 Å². The third-order valence-electron chi connectivity index (χ3n) is 3.51. The lowest BCUT2D eigenvalue weighted by atomic mass is 10.1. The summed E-state index contributed by atoms with van der Waals surface area (Å²) >= 11 is 1.76. The summed E-state index contributed by atoms with van der Waals surface area (Å²) in [4.78, 5) is 1.32. The Hall–Kier alpha value is -1.56. The largest absolute Gasteiger partial charge is 0.493 e. The third kappa shape index (κ3) is 4.22. The Labute approximate surface area is 135 Å². The first-order valence-electron chi connectivity index (χ1n) is 7.36. The fourth-order valence-corrected chi connectivity index (χ4v) is 3.06. The number of thiophene rings is 1. The predicted molar refractivity (Wildman–Crippen MR) is 89.9 cm³/mol. The molecule has 0 spiro atoms. The highest BCUT2D eigenvalue weighted by atomic mass is 32.1. The van der Waals surface area contributed by atoms with Crippen molar-refractivity contribution in [1.82, 2.24) is 5.32 Å². The zero-order valence-electron chi connectivity index (χ0n) is 13.2. The summed E-state index contributed by atoms with van der Waals surface area (Å²) in [5, 5.41) is 14.5. The Kier molecular flexibility index (Phi) is 6.24. The van der Waals surface area contributed by atoms with Crippen LogP contribution in [0.25, 0.3) is 0 Å². The minimum Gasteiger partial charge on any atom is -0.493 e. The summed E-state index contributed by atoms with van der Waals surface area (Å²) < 4.78 is 10.8. The van der Waals surface area contributed by atoms with Crippen LogP contribution in [0, 0.1) is 0 Å². The van der Waals surface area contributed by atoms with E-state index in [1.807, 2.05) is 18.2 Å². The molecule has 0 saturated carbocycles. The number of methoxy groups -OCH3 is 1. The topological polar surface area (TPSA) is 50.7 Å². The Bertz CT molecular complexity index is 571. The molecule has 1 heterocycles. The van der Waals surface area contributed by atoms with Gasteiger partial charge in [0.15, 0.2) is 11.5 Å². The van der Waals surface area contributed by atoms with E-state index < -0.39 is 0 Å². The molecule has 0 bridgehead atoms. The summed E-state index contributed by atoms with van der Waals surface area (Å²) in [7, 11) is 1.62. The van der Waals surface area contributed by atoms with Gasteiger partial charge in [-0.25, -0.2) is 0 Å². The lowest BCUT2D eigenvalue weighted by Gasteiger charge is -2.21. The van der Waals surface area contributed by atoms with E-state index in [4.69, 9.17) is 14.6 Å². The first-order chi connectivity index (χ1) is 10.7. The summed E-state index contributed by atoms with van der Waals surface area (Å²) in [6.07, 6.45) is 0. The van der Waals surface area contributed by atoms with Gasteiger partial charge in [-0.3, -0.25) is 0 Å². The maximum absolute atomic E-state index is 8.85. The van der Waals surface area contributed by atoms with Gasteiger partial charge >= 0.3 is 0 Å². The molecule has 2 N–H and O–H groups in total. The second kappa shape index (κ2) is 8.17. The number of ether oxygens (including phenoxy) is 2. The molecule has 0 aliphatic carbocycles. The number of aliphatic hydroxyl groups is 1. The number of rotatable bonds is 8. The zero-order valence-corrected chi connectivity index (χ0v) is 14.0. The molecule has 0 fully saturated rings. The maximum atomic E-state index is 8.85. The summed E-state index contributed by atoms with van der Waals surface area (Å²) in [6, 6.07) is 10.6. The highest BCUT2D eigenvalue weighted by molar-refractivity contribution is 7.10. The molecular weight excluding hydrogens is 298 g/mol. The van der Waals surface area contributed by atoms with Gasteiger partial charge in [-0.2, -0.15) is 0 Å². The number of nitrogens with one attached hydrogen (secondary N) is 1. The fraction of sp³-hybridized carbons (Fsp3) is 0.412. The molecule has 2 aromatic rings. The van der Waals surface area contributed by atoms with Gasteiger partial charge < -0.3 is 19.9 Å². The SMILES string of the molecule is COc1cc(C(C)NC(C)c2cccs2)ccc1OCCO. The minimum atomic E-state index is -0.0127. The molecule has 2 rings (SSSR count). The summed E-state index contributed by atoms with van der Waals surface area (Å²) in [5.41, 5.74) is 1.14. The molecule has 2 unspecified atom stereocenters. The van der Waals surface area contributed by atoms with E-state index in [1.165, 1.54) is 4.88 Å². The molecule has 1 aromatic heterocycles. The van der Waals surface area contributed by atoms with Crippen LogP contribution in [0.4, 0.5) is 0 Å². The molecule has 0 aliphatic heterocycles. The van der Waals surface area contributed by atoms with Gasteiger partial charge in [-0.05, 0) is 43.0 Å². The first-order valence-corrected chi connectivity index (χ1v) is 8.24. The Balaban J connectivity index is 2.07. The predicted octanol–water partition coefficient (Wildman–Crippen LogP) is 3.54.